The van der Waals surface area contributed by atoms with Crippen LogP contribution in [0.4, 0.5) is 0 Å². The average Bonchev–Trinajstić information content (AvgIpc) is 3.12. The molecule has 1 N–H and O–H groups in total. The number of aliphatic hydroxyl groups is 1. The summed E-state index contributed by atoms with van der Waals surface area (Å²) >= 11 is 0. The van der Waals surface area contributed by atoms with Gasteiger partial charge in [0.15, 0.2) is 5.82 Å². The summed E-state index contributed by atoms with van der Waals surface area (Å²) in [7, 11) is 0. The molecule has 5 nitrogen and oxygen atoms in total. The zero-order valence-corrected chi connectivity index (χ0v) is 14.7. The van der Waals surface area contributed by atoms with Gasteiger partial charge in [-0.3, -0.25) is 4.90 Å². The molecule has 26 heavy (non-hydrogen) atoms. The lowest BCUT2D eigenvalue weighted by Crippen LogP contribution is -2.37. The van der Waals surface area contributed by atoms with Crippen LogP contribution in [0.3, 0.4) is 0 Å². The SMILES string of the molecule is O[C@@H]1CCCN(Cc2nc(C(c3ccccc3)c3ccccc3)no2)C1. The smallest absolute Gasteiger partial charge is 0.240 e. The van der Waals surface area contributed by atoms with Crippen LogP contribution in [0, 0.1) is 0 Å². The van der Waals surface area contributed by atoms with Crippen LogP contribution in [0.1, 0.15) is 41.6 Å². The molecule has 1 saturated heterocycles. The normalized spacial score (nSPS) is 18.3. The van der Waals surface area contributed by atoms with Crippen molar-refractivity contribution in [1.29, 1.82) is 0 Å². The summed E-state index contributed by atoms with van der Waals surface area (Å²) in [6, 6.07) is 20.5. The molecule has 1 fully saturated rings. The molecule has 134 valence electrons. The first-order chi connectivity index (χ1) is 12.8. The standard InChI is InChI=1S/C21H23N3O2/c25-18-12-7-13-24(14-18)15-19-22-21(23-26-19)20(16-8-3-1-4-9-16)17-10-5-2-6-11-17/h1-6,8-11,18,20,25H,7,12-15H2/t18-/m1/s1. The van der Waals surface area contributed by atoms with Gasteiger partial charge in [-0.25, -0.2) is 0 Å². The summed E-state index contributed by atoms with van der Waals surface area (Å²) in [5.74, 6) is 1.22. The molecule has 1 aromatic heterocycles. The molecule has 0 aliphatic carbocycles. The van der Waals surface area contributed by atoms with E-state index in [1.165, 1.54) is 0 Å². The number of benzene rings is 2. The highest BCUT2D eigenvalue weighted by Gasteiger charge is 2.24. The fraction of sp³-hybridized carbons (Fsp3) is 0.333. The minimum absolute atomic E-state index is 0.0538. The van der Waals surface area contributed by atoms with Crippen molar-refractivity contribution in [2.75, 3.05) is 13.1 Å². The fourth-order valence-corrected chi connectivity index (χ4v) is 3.60. The first-order valence-electron chi connectivity index (χ1n) is 9.12. The maximum absolute atomic E-state index is 9.84. The Hall–Kier alpha value is -2.50. The number of rotatable bonds is 5. The third kappa shape index (κ3) is 3.84. The van der Waals surface area contributed by atoms with Crippen LogP contribution in [0.25, 0.3) is 0 Å². The van der Waals surface area contributed by atoms with Crippen LogP contribution in [0.15, 0.2) is 65.2 Å². The molecule has 4 rings (SSSR count). The summed E-state index contributed by atoms with van der Waals surface area (Å²) < 4.78 is 5.54. The van der Waals surface area contributed by atoms with E-state index >= 15 is 0 Å². The van der Waals surface area contributed by atoms with Crippen molar-refractivity contribution in [2.24, 2.45) is 0 Å². The molecular formula is C21H23N3O2. The van der Waals surface area contributed by atoms with Gasteiger partial charge in [0, 0.05) is 6.54 Å². The molecule has 1 atom stereocenters. The molecule has 2 heterocycles. The number of piperidine rings is 1. The van der Waals surface area contributed by atoms with E-state index in [4.69, 9.17) is 4.52 Å². The van der Waals surface area contributed by atoms with Crippen molar-refractivity contribution >= 4 is 0 Å². The van der Waals surface area contributed by atoms with Crippen LogP contribution < -0.4 is 0 Å². The second-order valence-corrected chi connectivity index (χ2v) is 6.83. The number of hydrogen-bond acceptors (Lipinski definition) is 5. The van der Waals surface area contributed by atoms with Crippen molar-refractivity contribution in [2.45, 2.75) is 31.4 Å². The maximum atomic E-state index is 9.84. The van der Waals surface area contributed by atoms with Gasteiger partial charge in [0.1, 0.15) is 0 Å². The minimum Gasteiger partial charge on any atom is -0.392 e. The Balaban J connectivity index is 1.60. The summed E-state index contributed by atoms with van der Waals surface area (Å²) in [6.07, 6.45) is 1.61. The predicted molar refractivity (Wildman–Crippen MR) is 98.6 cm³/mol. The molecule has 0 amide bonds. The van der Waals surface area contributed by atoms with Gasteiger partial charge < -0.3 is 9.63 Å². The van der Waals surface area contributed by atoms with E-state index in [2.05, 4.69) is 39.3 Å². The average molecular weight is 349 g/mol. The van der Waals surface area contributed by atoms with E-state index in [1.54, 1.807) is 0 Å². The molecule has 1 aliphatic rings. The molecule has 3 aromatic rings. The lowest BCUT2D eigenvalue weighted by Gasteiger charge is -2.28. The summed E-state index contributed by atoms with van der Waals surface area (Å²) in [5, 5.41) is 14.1. The van der Waals surface area contributed by atoms with E-state index in [9.17, 15) is 5.11 Å². The third-order valence-electron chi connectivity index (χ3n) is 4.85. The zero-order chi connectivity index (χ0) is 17.8. The highest BCUT2D eigenvalue weighted by Crippen LogP contribution is 2.30. The Morgan fingerprint density at radius 3 is 2.31 bits per heavy atom. The molecule has 1 aliphatic heterocycles. The number of aromatic nitrogens is 2. The Morgan fingerprint density at radius 1 is 1.04 bits per heavy atom. The lowest BCUT2D eigenvalue weighted by molar-refractivity contribution is 0.0613. The van der Waals surface area contributed by atoms with Crippen LogP contribution in [0.5, 0.6) is 0 Å². The van der Waals surface area contributed by atoms with E-state index in [0.29, 0.717) is 24.8 Å². The molecule has 0 unspecified atom stereocenters. The van der Waals surface area contributed by atoms with Gasteiger partial charge in [-0.2, -0.15) is 4.98 Å². The van der Waals surface area contributed by atoms with Gasteiger partial charge in [0.2, 0.25) is 5.89 Å². The van der Waals surface area contributed by atoms with Crippen molar-refractivity contribution < 1.29 is 9.63 Å². The Morgan fingerprint density at radius 2 is 1.69 bits per heavy atom. The largest absolute Gasteiger partial charge is 0.392 e. The molecule has 0 spiro atoms. The number of hydrogen-bond donors (Lipinski definition) is 1. The highest BCUT2D eigenvalue weighted by molar-refractivity contribution is 5.37. The van der Waals surface area contributed by atoms with Crippen molar-refractivity contribution in [3.63, 3.8) is 0 Å². The second-order valence-electron chi connectivity index (χ2n) is 6.83. The van der Waals surface area contributed by atoms with E-state index in [-0.39, 0.29) is 12.0 Å². The van der Waals surface area contributed by atoms with Crippen LogP contribution in [0.2, 0.25) is 0 Å². The molecule has 5 heteroatoms. The van der Waals surface area contributed by atoms with E-state index < -0.39 is 0 Å². The summed E-state index contributed by atoms with van der Waals surface area (Å²) in [6.45, 7) is 2.20. The third-order valence-corrected chi connectivity index (χ3v) is 4.85. The van der Waals surface area contributed by atoms with Crippen LogP contribution >= 0.6 is 0 Å². The van der Waals surface area contributed by atoms with Gasteiger partial charge in [-0.1, -0.05) is 65.8 Å². The first-order valence-corrected chi connectivity index (χ1v) is 9.12. The number of likely N-dealkylation sites (tertiary alicyclic amines) is 1. The summed E-state index contributed by atoms with van der Waals surface area (Å²) in [4.78, 5) is 6.85. The van der Waals surface area contributed by atoms with Gasteiger partial charge in [0.25, 0.3) is 0 Å². The van der Waals surface area contributed by atoms with Gasteiger partial charge >= 0.3 is 0 Å². The Kier molecular flexibility index (Phi) is 5.09. The number of β-amino-alcohol motifs (C(OH)–C–C–N with tert-alkyl or cyclic N) is 1. The molecule has 0 radical (unpaired) electrons. The van der Waals surface area contributed by atoms with E-state index in [1.807, 2.05) is 36.4 Å². The van der Waals surface area contributed by atoms with Crippen molar-refractivity contribution in [3.8, 4) is 0 Å². The van der Waals surface area contributed by atoms with Gasteiger partial charge in [-0.15, -0.1) is 0 Å². The first kappa shape index (κ1) is 16.9. The van der Waals surface area contributed by atoms with Crippen LogP contribution in [-0.2, 0) is 6.54 Å². The minimum atomic E-state index is -0.257. The Bertz CT molecular complexity index is 780. The second kappa shape index (κ2) is 7.81. The molecule has 2 aromatic carbocycles. The maximum Gasteiger partial charge on any atom is 0.240 e. The zero-order valence-electron chi connectivity index (χ0n) is 14.7. The van der Waals surface area contributed by atoms with Crippen molar-refractivity contribution in [3.05, 3.63) is 83.5 Å². The van der Waals surface area contributed by atoms with Crippen molar-refractivity contribution in [1.82, 2.24) is 15.0 Å². The molecule has 0 saturated carbocycles. The van der Waals surface area contributed by atoms with Gasteiger partial charge in [-0.05, 0) is 30.5 Å². The quantitative estimate of drug-likeness (QED) is 0.766. The lowest BCUT2D eigenvalue weighted by atomic mass is 9.91. The fourth-order valence-electron chi connectivity index (χ4n) is 3.60. The topological polar surface area (TPSA) is 62.4 Å². The molecular weight excluding hydrogens is 326 g/mol. The monoisotopic (exact) mass is 349 g/mol. The Labute approximate surface area is 153 Å². The molecule has 0 bridgehead atoms. The van der Waals surface area contributed by atoms with Gasteiger partial charge in [0.05, 0.1) is 18.6 Å². The summed E-state index contributed by atoms with van der Waals surface area (Å²) in [5.41, 5.74) is 2.28. The predicted octanol–water partition coefficient (Wildman–Crippen LogP) is 3.21. The number of aliphatic hydroxyl groups excluding tert-OH is 1. The number of nitrogens with zero attached hydrogens (tertiary/aromatic N) is 3. The highest BCUT2D eigenvalue weighted by atomic mass is 16.5. The van der Waals surface area contributed by atoms with Crippen LogP contribution in [-0.4, -0.2) is 39.3 Å². The van der Waals surface area contributed by atoms with E-state index in [0.717, 1.165) is 30.5 Å².